The van der Waals surface area contributed by atoms with Crippen molar-refractivity contribution in [3.63, 3.8) is 0 Å². The smallest absolute Gasteiger partial charge is 0.272 e. The molecule has 6 nitrogen and oxygen atoms in total. The molecular formula is C24H24FN5OS. The Balaban J connectivity index is 1.64. The first-order valence-electron chi connectivity index (χ1n) is 10.2. The predicted molar refractivity (Wildman–Crippen MR) is 123 cm³/mol. The maximum absolute atomic E-state index is 13.6. The zero-order chi connectivity index (χ0) is 22.7. The number of benzene rings is 2. The highest BCUT2D eigenvalue weighted by atomic mass is 32.2. The summed E-state index contributed by atoms with van der Waals surface area (Å²) in [6.07, 6.45) is 3.50. The Kier molecular flexibility index (Phi) is 6.41. The van der Waals surface area contributed by atoms with Crippen molar-refractivity contribution in [3.8, 4) is 5.69 Å². The molecule has 32 heavy (non-hydrogen) atoms. The third-order valence-corrected chi connectivity index (χ3v) is 6.14. The van der Waals surface area contributed by atoms with Gasteiger partial charge < -0.3 is 4.90 Å². The van der Waals surface area contributed by atoms with Gasteiger partial charge in [0, 0.05) is 43.8 Å². The lowest BCUT2D eigenvalue weighted by atomic mass is 10.2. The minimum Gasteiger partial charge on any atom is -0.336 e. The van der Waals surface area contributed by atoms with E-state index in [0.29, 0.717) is 28.8 Å². The molecule has 4 aromatic rings. The first-order valence-corrected chi connectivity index (χ1v) is 11.2. The van der Waals surface area contributed by atoms with Gasteiger partial charge in [0.15, 0.2) is 5.16 Å². The number of halogens is 1. The van der Waals surface area contributed by atoms with Crippen molar-refractivity contribution in [1.29, 1.82) is 0 Å². The highest BCUT2D eigenvalue weighted by Gasteiger charge is 2.22. The monoisotopic (exact) mass is 449 g/mol. The van der Waals surface area contributed by atoms with Crippen molar-refractivity contribution >= 4 is 17.7 Å². The van der Waals surface area contributed by atoms with Crippen LogP contribution in [0.5, 0.6) is 0 Å². The normalized spacial score (nSPS) is 11.0. The number of aryl methyl sites for hydroxylation is 2. The number of imidazole rings is 1. The fraction of sp³-hybridized carbons (Fsp3) is 0.208. The number of hydrogen-bond donors (Lipinski definition) is 0. The molecule has 0 N–H and O–H groups in total. The Labute approximate surface area is 190 Å². The molecular weight excluding hydrogens is 425 g/mol. The van der Waals surface area contributed by atoms with Crippen molar-refractivity contribution < 1.29 is 9.18 Å². The number of aromatic nitrogens is 4. The van der Waals surface area contributed by atoms with Gasteiger partial charge in [0.1, 0.15) is 11.5 Å². The van der Waals surface area contributed by atoms with E-state index in [9.17, 15) is 9.18 Å². The predicted octanol–water partition coefficient (Wildman–Crippen LogP) is 4.62. The van der Waals surface area contributed by atoms with Crippen LogP contribution in [0.15, 0.2) is 72.1 Å². The maximum atomic E-state index is 13.6. The first kappa shape index (κ1) is 21.8. The van der Waals surface area contributed by atoms with E-state index in [1.165, 1.54) is 23.9 Å². The van der Waals surface area contributed by atoms with Gasteiger partial charge in [-0.25, -0.2) is 9.37 Å². The second-order valence-corrected chi connectivity index (χ2v) is 8.53. The molecule has 2 heterocycles. The van der Waals surface area contributed by atoms with Crippen LogP contribution in [0.3, 0.4) is 0 Å². The molecule has 0 saturated heterocycles. The largest absolute Gasteiger partial charge is 0.336 e. The van der Waals surface area contributed by atoms with Crippen LogP contribution < -0.4 is 0 Å². The molecule has 8 heteroatoms. The van der Waals surface area contributed by atoms with Crippen molar-refractivity contribution in [3.05, 3.63) is 95.3 Å². The minimum atomic E-state index is -0.329. The van der Waals surface area contributed by atoms with E-state index in [2.05, 4.69) is 10.1 Å². The Morgan fingerprint density at radius 1 is 1.12 bits per heavy atom. The molecule has 0 aliphatic heterocycles. The molecule has 1 amide bonds. The Hall–Kier alpha value is -3.39. The number of amides is 1. The molecule has 2 aromatic carbocycles. The quantitative estimate of drug-likeness (QED) is 0.387. The van der Waals surface area contributed by atoms with Crippen LogP contribution in [0.25, 0.3) is 5.69 Å². The molecule has 0 atom stereocenters. The number of rotatable bonds is 7. The van der Waals surface area contributed by atoms with Gasteiger partial charge in [-0.2, -0.15) is 5.10 Å². The molecule has 0 aliphatic carbocycles. The molecule has 0 fully saturated rings. The van der Waals surface area contributed by atoms with Gasteiger partial charge in [-0.05, 0) is 36.8 Å². The van der Waals surface area contributed by atoms with Crippen LogP contribution in [-0.2, 0) is 19.3 Å². The Morgan fingerprint density at radius 3 is 2.50 bits per heavy atom. The van der Waals surface area contributed by atoms with Crippen molar-refractivity contribution in [2.75, 3.05) is 7.05 Å². The van der Waals surface area contributed by atoms with Crippen LogP contribution in [-0.4, -0.2) is 37.2 Å². The lowest BCUT2D eigenvalue weighted by Gasteiger charge is -2.18. The zero-order valence-corrected chi connectivity index (χ0v) is 19.0. The molecule has 2 aromatic heterocycles. The lowest BCUT2D eigenvalue weighted by Crippen LogP contribution is -2.28. The second-order valence-electron chi connectivity index (χ2n) is 7.59. The van der Waals surface area contributed by atoms with Gasteiger partial charge in [-0.3, -0.25) is 14.0 Å². The number of carbonyl (C=O) groups excluding carboxylic acids is 1. The van der Waals surface area contributed by atoms with Crippen molar-refractivity contribution in [1.82, 2.24) is 24.2 Å². The first-order chi connectivity index (χ1) is 15.4. The number of hydrogen-bond acceptors (Lipinski definition) is 4. The number of nitrogens with zero attached hydrogens (tertiary/aromatic N) is 5. The van der Waals surface area contributed by atoms with Crippen LogP contribution in [0.4, 0.5) is 4.39 Å². The topological polar surface area (TPSA) is 56.0 Å². The fourth-order valence-electron chi connectivity index (χ4n) is 3.48. The van der Waals surface area contributed by atoms with Gasteiger partial charge in [-0.15, -0.1) is 0 Å². The van der Waals surface area contributed by atoms with Gasteiger partial charge >= 0.3 is 0 Å². The van der Waals surface area contributed by atoms with E-state index in [1.54, 1.807) is 39.5 Å². The van der Waals surface area contributed by atoms with E-state index in [1.807, 2.05) is 50.5 Å². The van der Waals surface area contributed by atoms with Crippen LogP contribution in [0, 0.1) is 12.7 Å². The highest BCUT2D eigenvalue weighted by molar-refractivity contribution is 7.98. The summed E-state index contributed by atoms with van der Waals surface area (Å²) in [4.78, 5) is 19.5. The molecule has 0 radical (unpaired) electrons. The van der Waals surface area contributed by atoms with E-state index >= 15 is 0 Å². The summed E-state index contributed by atoms with van der Waals surface area (Å²) in [5, 5.41) is 5.02. The van der Waals surface area contributed by atoms with Crippen molar-refractivity contribution in [2.45, 2.75) is 24.4 Å². The summed E-state index contributed by atoms with van der Waals surface area (Å²) in [5.74, 6) is 0.207. The zero-order valence-electron chi connectivity index (χ0n) is 18.2. The minimum absolute atomic E-state index is 0.170. The Morgan fingerprint density at radius 2 is 1.84 bits per heavy atom. The van der Waals surface area contributed by atoms with E-state index < -0.39 is 0 Å². The van der Waals surface area contributed by atoms with E-state index in [0.717, 1.165) is 16.8 Å². The van der Waals surface area contributed by atoms with Crippen LogP contribution in [0.2, 0.25) is 0 Å². The van der Waals surface area contributed by atoms with Gasteiger partial charge in [0.2, 0.25) is 0 Å². The summed E-state index contributed by atoms with van der Waals surface area (Å²) < 4.78 is 17.1. The summed E-state index contributed by atoms with van der Waals surface area (Å²) >= 11 is 1.53. The van der Waals surface area contributed by atoms with Gasteiger partial charge in [-0.1, -0.05) is 42.1 Å². The summed E-state index contributed by atoms with van der Waals surface area (Å²) in [5.41, 5.74) is 4.14. The van der Waals surface area contributed by atoms with Crippen LogP contribution >= 0.6 is 11.8 Å². The molecule has 164 valence electrons. The molecule has 4 rings (SSSR count). The molecule has 0 bridgehead atoms. The maximum Gasteiger partial charge on any atom is 0.272 e. The molecule has 0 saturated carbocycles. The van der Waals surface area contributed by atoms with Crippen LogP contribution in [0.1, 0.15) is 27.3 Å². The van der Waals surface area contributed by atoms with Gasteiger partial charge in [0.05, 0.1) is 11.9 Å². The summed E-state index contributed by atoms with van der Waals surface area (Å²) in [6.45, 7) is 2.36. The number of thioether (sulfide) groups is 1. The fourth-order valence-corrected chi connectivity index (χ4v) is 4.42. The average Bonchev–Trinajstić information content (AvgIpc) is 3.35. The lowest BCUT2D eigenvalue weighted by molar-refractivity contribution is 0.0776. The van der Waals surface area contributed by atoms with Crippen molar-refractivity contribution in [2.24, 2.45) is 7.05 Å². The standard InChI is InChI=1S/C24H24FN5OS/c1-17-19(15-29(3)27-17)14-28(2)23(31)22-13-26-24(32-16-18-7-5-4-6-8-18)30(22)21-11-9-20(25)10-12-21/h4-13,15H,14,16H2,1-3H3. The van der Waals surface area contributed by atoms with E-state index in [4.69, 9.17) is 0 Å². The number of carbonyl (C=O) groups is 1. The SMILES string of the molecule is Cc1nn(C)cc1CN(C)C(=O)c1cnc(SCc2ccccc2)n1-c1ccc(F)cc1. The average molecular weight is 450 g/mol. The molecule has 0 unspecified atom stereocenters. The van der Waals surface area contributed by atoms with E-state index in [-0.39, 0.29) is 11.7 Å². The highest BCUT2D eigenvalue weighted by Crippen LogP contribution is 2.27. The summed E-state index contributed by atoms with van der Waals surface area (Å²) in [6, 6.07) is 16.2. The molecule has 0 spiro atoms. The third kappa shape index (κ3) is 4.75. The molecule has 0 aliphatic rings. The third-order valence-electron chi connectivity index (χ3n) is 5.11. The Bertz CT molecular complexity index is 1220. The summed E-state index contributed by atoms with van der Waals surface area (Å²) in [7, 11) is 3.62. The van der Waals surface area contributed by atoms with Gasteiger partial charge in [0.25, 0.3) is 5.91 Å². The second kappa shape index (κ2) is 9.40.